The van der Waals surface area contributed by atoms with Gasteiger partial charge in [0.15, 0.2) is 5.82 Å². The lowest BCUT2D eigenvalue weighted by Gasteiger charge is -2.19. The number of carbonyl (C=O) groups excluding carboxylic acids is 1. The minimum Gasteiger partial charge on any atom is -0.309 e. The predicted octanol–water partition coefficient (Wildman–Crippen LogP) is 2.69. The number of aromatic amines is 1. The third-order valence-electron chi connectivity index (χ3n) is 4.61. The number of halogens is 2. The summed E-state index contributed by atoms with van der Waals surface area (Å²) in [5.74, 6) is 0.409. The highest BCUT2D eigenvalue weighted by Crippen LogP contribution is 2.20. The van der Waals surface area contributed by atoms with Crippen LogP contribution in [0.15, 0.2) is 29.2 Å². The van der Waals surface area contributed by atoms with Crippen LogP contribution in [0.3, 0.4) is 0 Å². The summed E-state index contributed by atoms with van der Waals surface area (Å²) >= 11 is 0. The quantitative estimate of drug-likeness (QED) is 0.775. The summed E-state index contributed by atoms with van der Waals surface area (Å²) in [5, 5.41) is 9.41. The lowest BCUT2D eigenvalue weighted by molar-refractivity contribution is -0.117. The molecule has 1 amide bonds. The van der Waals surface area contributed by atoms with Crippen LogP contribution in [0.1, 0.15) is 32.7 Å². The van der Waals surface area contributed by atoms with Crippen molar-refractivity contribution >= 4 is 11.7 Å². The molecule has 0 aliphatic carbocycles. The molecule has 1 saturated heterocycles. The number of hydrogen-bond acceptors (Lipinski definition) is 4. The maximum atomic E-state index is 12.8. The Hall–Kier alpha value is -2.55. The van der Waals surface area contributed by atoms with Crippen LogP contribution in [0.25, 0.3) is 11.3 Å². The molecular weight excluding hydrogens is 356 g/mol. The molecule has 2 aromatic heterocycles. The Bertz CT molecular complexity index is 842. The van der Waals surface area contributed by atoms with Gasteiger partial charge in [0.25, 0.3) is 5.56 Å². The maximum absolute atomic E-state index is 12.8. The molecule has 2 N–H and O–H groups in total. The first kappa shape index (κ1) is 19.2. The number of pyridine rings is 1. The number of rotatable bonds is 7. The molecular formula is C18H23F2N5O2. The fraction of sp³-hybridized carbons (Fsp3) is 0.500. The zero-order chi connectivity index (χ0) is 19.4. The SMILES string of the molecule is CC(CC(=O)Nc1cc(-c2ccc(=O)n(C(F)F)c2)[nH]n1)CN1CCCC1. The van der Waals surface area contributed by atoms with Gasteiger partial charge in [0.1, 0.15) is 0 Å². The van der Waals surface area contributed by atoms with Gasteiger partial charge in [-0.05, 0) is 37.9 Å². The smallest absolute Gasteiger partial charge is 0.309 e. The second kappa shape index (κ2) is 8.43. The largest absolute Gasteiger partial charge is 0.321 e. The van der Waals surface area contributed by atoms with E-state index in [1.165, 1.54) is 18.9 Å². The highest BCUT2D eigenvalue weighted by Gasteiger charge is 2.17. The van der Waals surface area contributed by atoms with Gasteiger partial charge in [-0.3, -0.25) is 19.3 Å². The Morgan fingerprint density at radius 1 is 1.33 bits per heavy atom. The molecule has 0 radical (unpaired) electrons. The Kier molecular flexibility index (Phi) is 6.00. The molecule has 27 heavy (non-hydrogen) atoms. The van der Waals surface area contributed by atoms with Crippen LogP contribution < -0.4 is 10.9 Å². The van der Waals surface area contributed by atoms with Crippen molar-refractivity contribution in [3.05, 3.63) is 34.7 Å². The van der Waals surface area contributed by atoms with Gasteiger partial charge in [0.05, 0.1) is 5.69 Å². The third kappa shape index (κ3) is 5.00. The molecule has 0 aromatic carbocycles. The molecule has 0 spiro atoms. The molecule has 1 aliphatic rings. The first-order chi connectivity index (χ1) is 12.9. The number of anilines is 1. The second-order valence-electron chi connectivity index (χ2n) is 6.97. The number of nitrogens with zero attached hydrogens (tertiary/aromatic N) is 3. The molecule has 9 heteroatoms. The number of hydrogen-bond donors (Lipinski definition) is 2. The van der Waals surface area contributed by atoms with Crippen molar-refractivity contribution in [3.63, 3.8) is 0 Å². The van der Waals surface area contributed by atoms with Crippen molar-refractivity contribution in [1.82, 2.24) is 19.7 Å². The highest BCUT2D eigenvalue weighted by atomic mass is 19.3. The fourth-order valence-corrected chi connectivity index (χ4v) is 3.33. The topological polar surface area (TPSA) is 83.0 Å². The van der Waals surface area contributed by atoms with Crippen LogP contribution in [0.4, 0.5) is 14.6 Å². The first-order valence-corrected chi connectivity index (χ1v) is 9.00. The Balaban J connectivity index is 1.59. The first-order valence-electron chi connectivity index (χ1n) is 9.00. The highest BCUT2D eigenvalue weighted by molar-refractivity contribution is 5.90. The van der Waals surface area contributed by atoms with Crippen molar-refractivity contribution in [2.24, 2.45) is 5.92 Å². The third-order valence-corrected chi connectivity index (χ3v) is 4.61. The molecule has 1 fully saturated rings. The standard InChI is InChI=1S/C18H23F2N5O2/c1-12(10-24-6-2-3-7-24)8-16(26)21-15-9-14(22-23-15)13-4-5-17(27)25(11-13)18(19)20/h4-5,9,11-12,18H,2-3,6-8,10H2,1H3,(H2,21,22,23,26). The van der Waals surface area contributed by atoms with Crippen molar-refractivity contribution < 1.29 is 13.6 Å². The van der Waals surface area contributed by atoms with Crippen molar-refractivity contribution in [3.8, 4) is 11.3 Å². The van der Waals surface area contributed by atoms with E-state index in [0.29, 0.717) is 28.1 Å². The van der Waals surface area contributed by atoms with Crippen LogP contribution in [0, 0.1) is 5.92 Å². The van der Waals surface area contributed by atoms with Gasteiger partial charge in [-0.25, -0.2) is 0 Å². The van der Waals surface area contributed by atoms with Crippen LogP contribution in [0.5, 0.6) is 0 Å². The van der Waals surface area contributed by atoms with E-state index in [1.54, 1.807) is 6.07 Å². The Morgan fingerprint density at radius 2 is 2.07 bits per heavy atom. The predicted molar refractivity (Wildman–Crippen MR) is 97.6 cm³/mol. The summed E-state index contributed by atoms with van der Waals surface area (Å²) in [6.45, 7) is 2.21. The summed E-state index contributed by atoms with van der Waals surface area (Å²) in [5.41, 5.74) is 0.0314. The number of H-pyrrole nitrogens is 1. The maximum Gasteiger partial charge on any atom is 0.321 e. The van der Waals surface area contributed by atoms with E-state index in [1.807, 2.05) is 6.92 Å². The molecule has 1 aliphatic heterocycles. The number of likely N-dealkylation sites (tertiary alicyclic amines) is 1. The van der Waals surface area contributed by atoms with Crippen LogP contribution >= 0.6 is 0 Å². The number of carbonyl (C=O) groups is 1. The molecule has 3 rings (SSSR count). The van der Waals surface area contributed by atoms with Gasteiger partial charge in [-0.15, -0.1) is 0 Å². The average molecular weight is 379 g/mol. The summed E-state index contributed by atoms with van der Waals surface area (Å²) in [6.07, 6.45) is 3.88. The molecule has 146 valence electrons. The number of nitrogens with one attached hydrogen (secondary N) is 2. The van der Waals surface area contributed by atoms with E-state index in [4.69, 9.17) is 0 Å². The summed E-state index contributed by atoms with van der Waals surface area (Å²) in [7, 11) is 0. The molecule has 0 saturated carbocycles. The van der Waals surface area contributed by atoms with E-state index in [9.17, 15) is 18.4 Å². The average Bonchev–Trinajstić information content (AvgIpc) is 3.27. The van der Waals surface area contributed by atoms with Crippen molar-refractivity contribution in [1.29, 1.82) is 0 Å². The lowest BCUT2D eigenvalue weighted by atomic mass is 10.1. The summed E-state index contributed by atoms with van der Waals surface area (Å²) in [6, 6.07) is 4.05. The van der Waals surface area contributed by atoms with Gasteiger partial charge in [-0.2, -0.15) is 13.9 Å². The zero-order valence-electron chi connectivity index (χ0n) is 15.1. The van der Waals surface area contributed by atoms with E-state index in [0.717, 1.165) is 31.9 Å². The molecule has 3 heterocycles. The van der Waals surface area contributed by atoms with E-state index >= 15 is 0 Å². The Morgan fingerprint density at radius 3 is 2.78 bits per heavy atom. The molecule has 2 aromatic rings. The molecule has 1 unspecified atom stereocenters. The molecule has 7 nitrogen and oxygen atoms in total. The number of amides is 1. The zero-order valence-corrected chi connectivity index (χ0v) is 15.1. The molecule has 0 bridgehead atoms. The lowest BCUT2D eigenvalue weighted by Crippen LogP contribution is -2.27. The van der Waals surface area contributed by atoms with Gasteiger partial charge >= 0.3 is 6.55 Å². The summed E-state index contributed by atoms with van der Waals surface area (Å²) < 4.78 is 26.0. The van der Waals surface area contributed by atoms with Gasteiger partial charge in [0.2, 0.25) is 5.91 Å². The van der Waals surface area contributed by atoms with Crippen LogP contribution in [-0.4, -0.2) is 45.2 Å². The monoisotopic (exact) mass is 379 g/mol. The van der Waals surface area contributed by atoms with E-state index in [-0.39, 0.29) is 11.8 Å². The van der Waals surface area contributed by atoms with Crippen LogP contribution in [-0.2, 0) is 4.79 Å². The number of aromatic nitrogens is 3. The normalized spacial score (nSPS) is 16.0. The van der Waals surface area contributed by atoms with Gasteiger partial charge in [-0.1, -0.05) is 6.92 Å². The minimum absolute atomic E-state index is 0.141. The van der Waals surface area contributed by atoms with Gasteiger partial charge < -0.3 is 10.2 Å². The number of alkyl halides is 2. The Labute approximate surface area is 155 Å². The fourth-order valence-electron chi connectivity index (χ4n) is 3.33. The van der Waals surface area contributed by atoms with Crippen LogP contribution in [0.2, 0.25) is 0 Å². The van der Waals surface area contributed by atoms with Crippen molar-refractivity contribution in [2.45, 2.75) is 32.7 Å². The van der Waals surface area contributed by atoms with Gasteiger partial charge in [0, 0.05) is 36.9 Å². The van der Waals surface area contributed by atoms with Crippen molar-refractivity contribution in [2.75, 3.05) is 25.0 Å². The second-order valence-corrected chi connectivity index (χ2v) is 6.97. The summed E-state index contributed by atoms with van der Waals surface area (Å²) in [4.78, 5) is 26.0. The molecule has 1 atom stereocenters. The minimum atomic E-state index is -2.92. The van der Waals surface area contributed by atoms with E-state index < -0.39 is 12.1 Å². The van der Waals surface area contributed by atoms with E-state index in [2.05, 4.69) is 20.4 Å².